The quantitative estimate of drug-likeness (QED) is 0.441. The third kappa shape index (κ3) is 2.74. The molecule has 0 radical (unpaired) electrons. The van der Waals surface area contributed by atoms with Crippen molar-refractivity contribution in [1.82, 2.24) is 9.38 Å². The fourth-order valence-corrected chi connectivity index (χ4v) is 2.74. The molecule has 0 amide bonds. The summed E-state index contributed by atoms with van der Waals surface area (Å²) < 4.78 is 1.93. The third-order valence-corrected chi connectivity index (χ3v) is 3.78. The molecule has 8 heteroatoms. The number of benzene rings is 1. The number of aromatic nitrogens is 2. The molecular formula is C13H11ClN6S. The van der Waals surface area contributed by atoms with Gasteiger partial charge in [0, 0.05) is 22.2 Å². The first kappa shape index (κ1) is 13.6. The minimum atomic E-state index is -0.0922. The molecule has 0 aliphatic carbocycles. The molecule has 3 aromatic rings. The fourth-order valence-electron chi connectivity index (χ4n) is 1.90. The van der Waals surface area contributed by atoms with Gasteiger partial charge in [0.2, 0.25) is 5.96 Å². The van der Waals surface area contributed by atoms with E-state index in [2.05, 4.69) is 15.2 Å². The number of imidazole rings is 1. The predicted octanol–water partition coefficient (Wildman–Crippen LogP) is 2.32. The molecule has 0 unspecified atom stereocenters. The molecule has 0 bridgehead atoms. The lowest BCUT2D eigenvalue weighted by Gasteiger charge is -1.99. The lowest BCUT2D eigenvalue weighted by Crippen LogP contribution is -2.21. The number of nitrogens with two attached hydrogens (primary N) is 2. The van der Waals surface area contributed by atoms with Crippen LogP contribution in [0, 0.1) is 0 Å². The van der Waals surface area contributed by atoms with Gasteiger partial charge in [-0.15, -0.1) is 16.4 Å². The lowest BCUT2D eigenvalue weighted by atomic mass is 10.1. The standard InChI is InChI=1S/C13H11ClN6S/c14-9-3-1-8(2-4-9)11-10(7-17-19-12(15)16)20-5-6-21-13(20)18-11/h1-7H,(H4,15,16,19)/b17-7+. The average molecular weight is 319 g/mol. The maximum Gasteiger partial charge on any atom is 0.211 e. The Morgan fingerprint density at radius 2 is 2.05 bits per heavy atom. The Morgan fingerprint density at radius 3 is 2.76 bits per heavy atom. The van der Waals surface area contributed by atoms with E-state index in [1.807, 2.05) is 40.2 Å². The molecular weight excluding hydrogens is 308 g/mol. The van der Waals surface area contributed by atoms with Gasteiger partial charge in [-0.05, 0) is 12.1 Å². The number of thiazole rings is 1. The summed E-state index contributed by atoms with van der Waals surface area (Å²) in [5.74, 6) is -0.0922. The van der Waals surface area contributed by atoms with Crippen LogP contribution in [0.5, 0.6) is 0 Å². The van der Waals surface area contributed by atoms with Gasteiger partial charge in [-0.3, -0.25) is 4.40 Å². The maximum absolute atomic E-state index is 5.92. The molecule has 2 aromatic heterocycles. The summed E-state index contributed by atoms with van der Waals surface area (Å²) in [5, 5.41) is 10.1. The van der Waals surface area contributed by atoms with E-state index in [1.165, 1.54) is 11.3 Å². The van der Waals surface area contributed by atoms with Gasteiger partial charge in [0.15, 0.2) is 4.96 Å². The Kier molecular flexibility index (Phi) is 3.59. The zero-order valence-corrected chi connectivity index (χ0v) is 12.3. The molecule has 4 N–H and O–H groups in total. The number of nitrogens with zero attached hydrogens (tertiary/aromatic N) is 4. The number of fused-ring (bicyclic) bond motifs is 1. The van der Waals surface area contributed by atoms with E-state index >= 15 is 0 Å². The molecule has 0 saturated carbocycles. The first-order valence-corrected chi connectivity index (χ1v) is 7.24. The topological polar surface area (TPSA) is 94.1 Å². The van der Waals surface area contributed by atoms with E-state index in [9.17, 15) is 0 Å². The zero-order chi connectivity index (χ0) is 14.8. The van der Waals surface area contributed by atoms with E-state index in [1.54, 1.807) is 6.21 Å². The minimum absolute atomic E-state index is 0.0922. The van der Waals surface area contributed by atoms with Gasteiger partial charge >= 0.3 is 0 Å². The van der Waals surface area contributed by atoms with Crippen molar-refractivity contribution in [1.29, 1.82) is 0 Å². The summed E-state index contributed by atoms with van der Waals surface area (Å²) in [7, 11) is 0. The molecule has 21 heavy (non-hydrogen) atoms. The van der Waals surface area contributed by atoms with Gasteiger partial charge in [-0.1, -0.05) is 23.7 Å². The van der Waals surface area contributed by atoms with Crippen molar-refractivity contribution >= 4 is 40.1 Å². The van der Waals surface area contributed by atoms with Crippen LogP contribution in [0.3, 0.4) is 0 Å². The Bertz CT molecular complexity index is 826. The number of hydrogen-bond donors (Lipinski definition) is 2. The van der Waals surface area contributed by atoms with Crippen LogP contribution in [0.2, 0.25) is 5.02 Å². The van der Waals surface area contributed by atoms with Gasteiger partial charge in [-0.2, -0.15) is 5.10 Å². The number of guanidine groups is 1. The van der Waals surface area contributed by atoms with Crippen LogP contribution in [0.25, 0.3) is 16.2 Å². The molecule has 0 spiro atoms. The van der Waals surface area contributed by atoms with Gasteiger partial charge in [-0.25, -0.2) is 4.98 Å². The van der Waals surface area contributed by atoms with Crippen LogP contribution in [0.1, 0.15) is 5.69 Å². The monoisotopic (exact) mass is 318 g/mol. The van der Waals surface area contributed by atoms with Crippen LogP contribution < -0.4 is 11.5 Å². The summed E-state index contributed by atoms with van der Waals surface area (Å²) >= 11 is 7.46. The second kappa shape index (κ2) is 5.55. The van der Waals surface area contributed by atoms with E-state index in [4.69, 9.17) is 23.1 Å². The zero-order valence-electron chi connectivity index (χ0n) is 10.8. The van der Waals surface area contributed by atoms with E-state index < -0.39 is 0 Å². The van der Waals surface area contributed by atoms with Crippen molar-refractivity contribution in [2.45, 2.75) is 0 Å². The van der Waals surface area contributed by atoms with Crippen LogP contribution in [0.4, 0.5) is 0 Å². The fraction of sp³-hybridized carbons (Fsp3) is 0. The van der Waals surface area contributed by atoms with Crippen molar-refractivity contribution in [2.24, 2.45) is 21.7 Å². The summed E-state index contributed by atoms with van der Waals surface area (Å²) in [5.41, 5.74) is 13.1. The van der Waals surface area contributed by atoms with Crippen molar-refractivity contribution in [3.05, 3.63) is 46.6 Å². The molecule has 0 saturated heterocycles. The summed E-state index contributed by atoms with van der Waals surface area (Å²) in [6.45, 7) is 0. The molecule has 1 aromatic carbocycles. The minimum Gasteiger partial charge on any atom is -0.369 e. The van der Waals surface area contributed by atoms with Crippen LogP contribution >= 0.6 is 22.9 Å². The Hall–Kier alpha value is -2.38. The molecule has 106 valence electrons. The van der Waals surface area contributed by atoms with Crippen molar-refractivity contribution in [3.8, 4) is 11.3 Å². The molecule has 3 rings (SSSR count). The third-order valence-electron chi connectivity index (χ3n) is 2.77. The highest BCUT2D eigenvalue weighted by Gasteiger charge is 2.13. The van der Waals surface area contributed by atoms with Gasteiger partial charge in [0.05, 0.1) is 17.6 Å². The van der Waals surface area contributed by atoms with Gasteiger partial charge in [0.25, 0.3) is 0 Å². The largest absolute Gasteiger partial charge is 0.369 e. The highest BCUT2D eigenvalue weighted by molar-refractivity contribution is 7.15. The maximum atomic E-state index is 5.92. The van der Waals surface area contributed by atoms with E-state index in [-0.39, 0.29) is 5.96 Å². The van der Waals surface area contributed by atoms with Crippen molar-refractivity contribution in [2.75, 3.05) is 0 Å². The Morgan fingerprint density at radius 1 is 1.29 bits per heavy atom. The summed E-state index contributed by atoms with van der Waals surface area (Å²) in [4.78, 5) is 5.47. The molecule has 0 atom stereocenters. The highest BCUT2D eigenvalue weighted by Crippen LogP contribution is 2.26. The second-order valence-electron chi connectivity index (χ2n) is 4.18. The van der Waals surface area contributed by atoms with Crippen LogP contribution in [0.15, 0.2) is 46.0 Å². The number of hydrogen-bond acceptors (Lipinski definition) is 4. The number of halogens is 1. The number of rotatable bonds is 3. The molecule has 0 aliphatic rings. The van der Waals surface area contributed by atoms with Gasteiger partial charge < -0.3 is 11.5 Å². The SMILES string of the molecule is NC(N)=N/N=C/c1c(-c2ccc(Cl)cc2)nc2sccn12. The first-order chi connectivity index (χ1) is 10.1. The molecule has 2 heterocycles. The Balaban J connectivity index is 2.13. The normalized spacial score (nSPS) is 11.3. The van der Waals surface area contributed by atoms with Crippen LogP contribution in [-0.2, 0) is 0 Å². The van der Waals surface area contributed by atoms with Gasteiger partial charge in [0.1, 0.15) is 0 Å². The average Bonchev–Trinajstić information content (AvgIpc) is 3.01. The smallest absolute Gasteiger partial charge is 0.211 e. The molecule has 0 aliphatic heterocycles. The second-order valence-corrected chi connectivity index (χ2v) is 5.49. The van der Waals surface area contributed by atoms with Crippen LogP contribution in [-0.4, -0.2) is 21.6 Å². The first-order valence-electron chi connectivity index (χ1n) is 5.98. The molecule has 0 fully saturated rings. The van der Waals surface area contributed by atoms with E-state index in [0.717, 1.165) is 21.9 Å². The Labute approximate surface area is 129 Å². The highest BCUT2D eigenvalue weighted by atomic mass is 35.5. The van der Waals surface area contributed by atoms with Crippen molar-refractivity contribution < 1.29 is 0 Å². The predicted molar refractivity (Wildman–Crippen MR) is 86.9 cm³/mol. The van der Waals surface area contributed by atoms with Crippen molar-refractivity contribution in [3.63, 3.8) is 0 Å². The lowest BCUT2D eigenvalue weighted by molar-refractivity contribution is 1.18. The summed E-state index contributed by atoms with van der Waals surface area (Å²) in [6, 6.07) is 7.46. The molecule has 6 nitrogen and oxygen atoms in total. The van der Waals surface area contributed by atoms with E-state index in [0.29, 0.717) is 5.02 Å². The summed E-state index contributed by atoms with van der Waals surface area (Å²) in [6.07, 6.45) is 3.50.